The van der Waals surface area contributed by atoms with Crippen LogP contribution in [0.15, 0.2) is 0 Å². The van der Waals surface area contributed by atoms with Crippen molar-refractivity contribution in [3.05, 3.63) is 0 Å². The molecule has 2 aliphatic rings. The van der Waals surface area contributed by atoms with Crippen LogP contribution in [-0.2, 0) is 28.6 Å². The van der Waals surface area contributed by atoms with E-state index < -0.39 is 34.5 Å². The summed E-state index contributed by atoms with van der Waals surface area (Å²) in [7, 11) is -3.71. The largest absolute Gasteiger partial charge is 0.460 e. The Morgan fingerprint density at radius 3 is 2.15 bits per heavy atom. The average molecular weight is 493 g/mol. The van der Waals surface area contributed by atoms with E-state index in [1.165, 1.54) is 32.1 Å². The topological polar surface area (TPSA) is 119 Å². The van der Waals surface area contributed by atoms with Gasteiger partial charge < -0.3 is 19.7 Å². The number of unbranched alkanes of at least 4 members (excludes halogenated alkanes) is 7. The maximum atomic E-state index is 11.8. The third-order valence-electron chi connectivity index (χ3n) is 6.67. The van der Waals surface area contributed by atoms with E-state index in [2.05, 4.69) is 6.92 Å². The molecular formula is C24H44O8S. The Morgan fingerprint density at radius 1 is 0.909 bits per heavy atom. The molecule has 0 amide bonds. The van der Waals surface area contributed by atoms with Crippen molar-refractivity contribution in [1.82, 2.24) is 0 Å². The van der Waals surface area contributed by atoms with Crippen LogP contribution in [0.5, 0.6) is 0 Å². The van der Waals surface area contributed by atoms with Crippen LogP contribution in [0.4, 0.5) is 0 Å². The van der Waals surface area contributed by atoms with Gasteiger partial charge in [0.1, 0.15) is 12.2 Å². The van der Waals surface area contributed by atoms with E-state index >= 15 is 0 Å². The fourth-order valence-electron chi connectivity index (χ4n) is 4.77. The van der Waals surface area contributed by atoms with Gasteiger partial charge in [-0.15, -0.1) is 0 Å². The van der Waals surface area contributed by atoms with Gasteiger partial charge in [0, 0.05) is 6.42 Å². The molecule has 0 aromatic carbocycles. The smallest absolute Gasteiger partial charge is 0.306 e. The molecule has 2 heterocycles. The van der Waals surface area contributed by atoms with Crippen LogP contribution in [0.3, 0.4) is 0 Å². The number of carbonyl (C=O) groups is 1. The number of cyclic esters (lactones) is 1. The number of hydrogen-bond donors (Lipinski definition) is 2. The van der Waals surface area contributed by atoms with Crippen molar-refractivity contribution in [3.8, 4) is 0 Å². The Labute approximate surface area is 199 Å². The number of rotatable bonds is 17. The summed E-state index contributed by atoms with van der Waals surface area (Å²) in [6, 6.07) is 0. The van der Waals surface area contributed by atoms with Crippen LogP contribution < -0.4 is 0 Å². The Balaban J connectivity index is 1.72. The summed E-state index contributed by atoms with van der Waals surface area (Å²) in [6.07, 6.45) is 10.1. The molecule has 0 aromatic rings. The maximum Gasteiger partial charge on any atom is 0.306 e. The monoisotopic (exact) mass is 492 g/mol. The number of aliphatic hydroxyl groups excluding tert-OH is 2. The molecular weight excluding hydrogens is 448 g/mol. The molecule has 2 aliphatic heterocycles. The van der Waals surface area contributed by atoms with Gasteiger partial charge in [0.15, 0.2) is 0 Å². The number of aliphatic hydroxyl groups is 2. The summed E-state index contributed by atoms with van der Waals surface area (Å²) in [4.78, 5) is 11.4. The molecule has 9 heteroatoms. The van der Waals surface area contributed by atoms with E-state index in [0.717, 1.165) is 25.5 Å². The Hall–Kier alpha value is -0.740. The molecule has 2 N–H and O–H groups in total. The first-order valence-corrected chi connectivity index (χ1v) is 14.6. The molecule has 0 radical (unpaired) electrons. The maximum absolute atomic E-state index is 11.8. The molecule has 0 aromatic heterocycles. The number of ether oxygens (including phenoxy) is 2. The highest BCUT2D eigenvalue weighted by molar-refractivity contribution is 7.86. The molecule has 194 valence electrons. The second-order valence-electron chi connectivity index (χ2n) is 9.67. The minimum atomic E-state index is -3.71. The highest BCUT2D eigenvalue weighted by atomic mass is 32.2. The van der Waals surface area contributed by atoms with Gasteiger partial charge in [-0.05, 0) is 38.5 Å². The lowest BCUT2D eigenvalue weighted by Crippen LogP contribution is -2.35. The van der Waals surface area contributed by atoms with Gasteiger partial charge in [-0.2, -0.15) is 8.42 Å². The fraction of sp³-hybridized carbons (Fsp3) is 0.958. The van der Waals surface area contributed by atoms with Crippen molar-refractivity contribution in [2.75, 3.05) is 6.26 Å². The number of esters is 1. The van der Waals surface area contributed by atoms with Crippen LogP contribution in [0.1, 0.15) is 103 Å². The quantitative estimate of drug-likeness (QED) is 0.179. The van der Waals surface area contributed by atoms with Crippen LogP contribution in [0.25, 0.3) is 0 Å². The average Bonchev–Trinajstić information content (AvgIpc) is 3.41. The molecule has 0 unspecified atom stereocenters. The third-order valence-corrected chi connectivity index (χ3v) is 7.27. The predicted molar refractivity (Wildman–Crippen MR) is 125 cm³/mol. The van der Waals surface area contributed by atoms with Crippen molar-refractivity contribution >= 4 is 16.1 Å². The normalized spacial score (nSPS) is 26.3. The van der Waals surface area contributed by atoms with E-state index in [-0.39, 0.29) is 31.0 Å². The second-order valence-corrected chi connectivity index (χ2v) is 11.3. The molecule has 33 heavy (non-hydrogen) atoms. The van der Waals surface area contributed by atoms with Gasteiger partial charge in [-0.3, -0.25) is 8.98 Å². The third kappa shape index (κ3) is 11.0. The Bertz CT molecular complexity index is 667. The lowest BCUT2D eigenvalue weighted by Gasteiger charge is -2.26. The van der Waals surface area contributed by atoms with Gasteiger partial charge in [-0.25, -0.2) is 0 Å². The van der Waals surface area contributed by atoms with Crippen LogP contribution >= 0.6 is 0 Å². The SMILES string of the molecule is CCCCCCCCCC[C@@H](O)[C@H](O)CC[C@@H](OS(C)(=O)=O)[C@H]1CC[C@H]([C@H]2CCC(=O)O2)O1. The molecule has 0 saturated carbocycles. The van der Waals surface area contributed by atoms with Crippen molar-refractivity contribution in [3.63, 3.8) is 0 Å². The van der Waals surface area contributed by atoms with Gasteiger partial charge in [0.05, 0.1) is 30.7 Å². The summed E-state index contributed by atoms with van der Waals surface area (Å²) in [5.74, 6) is -0.232. The van der Waals surface area contributed by atoms with Crippen LogP contribution in [-0.4, -0.2) is 67.5 Å². The zero-order valence-corrected chi connectivity index (χ0v) is 21.1. The van der Waals surface area contributed by atoms with E-state index in [9.17, 15) is 23.4 Å². The standard InChI is InChI=1S/C24H44O8S/c1-3-4-5-6-7-8-9-10-11-18(25)19(26)12-13-23(32-33(2,28)29)22-15-14-20(30-22)21-16-17-24(27)31-21/h18-23,25-26H,3-17H2,1-2H3/t18-,19-,20-,21-,22-,23-/m1/s1. The lowest BCUT2D eigenvalue weighted by molar-refractivity contribution is -0.148. The first-order valence-electron chi connectivity index (χ1n) is 12.8. The molecule has 0 bridgehead atoms. The molecule has 0 spiro atoms. The van der Waals surface area contributed by atoms with E-state index in [1.54, 1.807) is 0 Å². The van der Waals surface area contributed by atoms with E-state index in [1.807, 2.05) is 0 Å². The van der Waals surface area contributed by atoms with Gasteiger partial charge in [0.2, 0.25) is 0 Å². The van der Waals surface area contributed by atoms with Crippen LogP contribution in [0, 0.1) is 0 Å². The summed E-state index contributed by atoms with van der Waals surface area (Å²) >= 11 is 0. The molecule has 2 fully saturated rings. The zero-order valence-electron chi connectivity index (χ0n) is 20.3. The molecule has 2 saturated heterocycles. The molecule has 6 atom stereocenters. The van der Waals surface area contributed by atoms with Crippen molar-refractivity contribution in [2.24, 2.45) is 0 Å². The number of hydrogen-bond acceptors (Lipinski definition) is 8. The summed E-state index contributed by atoms with van der Waals surface area (Å²) in [6.45, 7) is 2.20. The molecule has 8 nitrogen and oxygen atoms in total. The summed E-state index contributed by atoms with van der Waals surface area (Å²) < 4.78 is 40.2. The molecule has 2 rings (SSSR count). The lowest BCUT2D eigenvalue weighted by atomic mass is 9.97. The Morgan fingerprint density at radius 2 is 1.55 bits per heavy atom. The fourth-order valence-corrected chi connectivity index (χ4v) is 5.44. The van der Waals surface area contributed by atoms with Crippen molar-refractivity contribution in [1.29, 1.82) is 0 Å². The van der Waals surface area contributed by atoms with Crippen molar-refractivity contribution < 1.29 is 37.1 Å². The predicted octanol–water partition coefficient (Wildman–Crippen LogP) is 3.62. The number of carbonyl (C=O) groups excluding carboxylic acids is 1. The van der Waals surface area contributed by atoms with Gasteiger partial charge >= 0.3 is 5.97 Å². The van der Waals surface area contributed by atoms with Gasteiger partial charge in [-0.1, -0.05) is 58.3 Å². The van der Waals surface area contributed by atoms with Crippen LogP contribution in [0.2, 0.25) is 0 Å². The van der Waals surface area contributed by atoms with E-state index in [0.29, 0.717) is 32.1 Å². The first kappa shape index (κ1) is 28.5. The highest BCUT2D eigenvalue weighted by Crippen LogP contribution is 2.33. The zero-order chi connectivity index (χ0) is 24.3. The van der Waals surface area contributed by atoms with E-state index in [4.69, 9.17) is 13.7 Å². The molecule has 0 aliphatic carbocycles. The Kier molecular flexibility index (Phi) is 12.6. The summed E-state index contributed by atoms with van der Waals surface area (Å²) in [5.41, 5.74) is 0. The second kappa shape index (κ2) is 14.6. The van der Waals surface area contributed by atoms with Gasteiger partial charge in [0.25, 0.3) is 10.1 Å². The van der Waals surface area contributed by atoms with Crippen molar-refractivity contribution in [2.45, 2.75) is 140 Å². The first-order chi connectivity index (χ1) is 15.7. The minimum absolute atomic E-state index is 0.224. The highest BCUT2D eigenvalue weighted by Gasteiger charge is 2.41. The summed E-state index contributed by atoms with van der Waals surface area (Å²) in [5, 5.41) is 20.7. The minimum Gasteiger partial charge on any atom is -0.460 e.